The topological polar surface area (TPSA) is 139 Å². The van der Waals surface area contributed by atoms with Gasteiger partial charge in [0.15, 0.2) is 11.6 Å². The summed E-state index contributed by atoms with van der Waals surface area (Å²) in [5, 5.41) is 0. The highest BCUT2D eigenvalue weighted by molar-refractivity contribution is 6.31. The van der Waals surface area contributed by atoms with Crippen LogP contribution in [0.1, 0.15) is 25.7 Å². The van der Waals surface area contributed by atoms with Crippen LogP contribution in [-0.4, -0.2) is 63.9 Å². The molecule has 0 bridgehead atoms. The van der Waals surface area contributed by atoms with E-state index in [2.05, 4.69) is 0 Å². The Hall–Kier alpha value is -3.30. The molecule has 180 valence electrons. The van der Waals surface area contributed by atoms with E-state index < -0.39 is 69.9 Å². The third kappa shape index (κ3) is 2.09. The Labute approximate surface area is 194 Å². The highest BCUT2D eigenvalue weighted by Gasteiger charge is 2.83. The fourth-order valence-electron chi connectivity index (χ4n) is 8.00. The molecule has 0 aromatic carbocycles. The Morgan fingerprint density at radius 3 is 1.29 bits per heavy atom. The minimum atomic E-state index is -1.79. The lowest BCUT2D eigenvalue weighted by Gasteiger charge is -2.53. The number of ketones is 2. The first kappa shape index (κ1) is 22.5. The van der Waals surface area contributed by atoms with Crippen LogP contribution in [0.2, 0.25) is 0 Å². The quantitative estimate of drug-likeness (QED) is 0.246. The van der Waals surface area contributed by atoms with Gasteiger partial charge in [0.1, 0.15) is 22.0 Å². The van der Waals surface area contributed by atoms with Gasteiger partial charge in [0, 0.05) is 11.8 Å². The summed E-state index contributed by atoms with van der Waals surface area (Å²) in [4.78, 5) is 80.3. The van der Waals surface area contributed by atoms with Gasteiger partial charge in [-0.05, 0) is 48.7 Å². The molecular weight excluding hydrogens is 448 g/mol. The van der Waals surface area contributed by atoms with E-state index in [1.807, 2.05) is 0 Å². The summed E-state index contributed by atoms with van der Waals surface area (Å²) in [6.45, 7) is 0. The van der Waals surface area contributed by atoms with E-state index in [4.69, 9.17) is 18.9 Å². The van der Waals surface area contributed by atoms with E-state index in [9.17, 15) is 28.8 Å². The number of methoxy groups -OCH3 is 4. The van der Waals surface area contributed by atoms with Crippen LogP contribution in [0.15, 0.2) is 22.3 Å². The monoisotopic (exact) mass is 472 g/mol. The van der Waals surface area contributed by atoms with Crippen LogP contribution in [0.3, 0.4) is 0 Å². The number of ether oxygens (including phenoxy) is 4. The third-order valence-corrected chi connectivity index (χ3v) is 8.83. The van der Waals surface area contributed by atoms with Gasteiger partial charge in [-0.15, -0.1) is 0 Å². The summed E-state index contributed by atoms with van der Waals surface area (Å²) in [5.41, 5.74) is -3.16. The summed E-state index contributed by atoms with van der Waals surface area (Å²) in [6.07, 6.45) is 0.938. The molecule has 0 spiro atoms. The zero-order valence-electron chi connectivity index (χ0n) is 19.2. The average molecular weight is 472 g/mol. The lowest BCUT2D eigenvalue weighted by atomic mass is 9.45. The van der Waals surface area contributed by atoms with Crippen molar-refractivity contribution < 1.29 is 47.7 Å². The van der Waals surface area contributed by atoms with E-state index in [0.717, 1.165) is 28.4 Å². The zero-order valence-corrected chi connectivity index (χ0v) is 19.2. The van der Waals surface area contributed by atoms with Crippen LogP contribution >= 0.6 is 0 Å². The first-order chi connectivity index (χ1) is 16.2. The number of carbonyl (C=O) groups is 6. The van der Waals surface area contributed by atoms with Crippen molar-refractivity contribution in [3.63, 3.8) is 0 Å². The third-order valence-electron chi connectivity index (χ3n) is 8.83. The number of fused-ring (bicyclic) bond motifs is 2. The molecule has 0 amide bonds. The SMILES string of the molecule is COC(=O)C1=C2CC[C@@H]3[C@H]2[C@](C(=O)OC)(C1=O)[C@@H]1CCC2=C(C(=O)OC)C(=O)[C@@]3(C(=O)OC)[C@@H]21. The highest BCUT2D eigenvalue weighted by Crippen LogP contribution is 2.76. The molecule has 6 atom stereocenters. The van der Waals surface area contributed by atoms with Crippen LogP contribution in [0.5, 0.6) is 0 Å². The van der Waals surface area contributed by atoms with E-state index in [-0.39, 0.29) is 36.8 Å². The maximum atomic E-state index is 14.0. The fraction of sp³-hybridized carbons (Fsp3) is 0.583. The Morgan fingerprint density at radius 2 is 1.00 bits per heavy atom. The molecule has 10 heteroatoms. The summed E-state index contributed by atoms with van der Waals surface area (Å²) < 4.78 is 20.0. The molecule has 5 rings (SSSR count). The van der Waals surface area contributed by atoms with Gasteiger partial charge < -0.3 is 18.9 Å². The van der Waals surface area contributed by atoms with Gasteiger partial charge in [-0.25, -0.2) is 9.59 Å². The molecule has 0 aromatic rings. The molecule has 0 radical (unpaired) electrons. The number of hydrogen-bond acceptors (Lipinski definition) is 10. The Balaban J connectivity index is 1.86. The first-order valence-corrected chi connectivity index (χ1v) is 11.1. The fourth-order valence-corrected chi connectivity index (χ4v) is 8.00. The van der Waals surface area contributed by atoms with Crippen LogP contribution in [0, 0.1) is 34.5 Å². The molecule has 0 saturated heterocycles. The second-order valence-electron chi connectivity index (χ2n) is 9.41. The van der Waals surface area contributed by atoms with Crippen LogP contribution in [0.4, 0.5) is 0 Å². The van der Waals surface area contributed by atoms with E-state index >= 15 is 0 Å². The van der Waals surface area contributed by atoms with Gasteiger partial charge in [0.05, 0.1) is 28.4 Å². The van der Waals surface area contributed by atoms with Crippen LogP contribution in [0.25, 0.3) is 0 Å². The number of carbonyl (C=O) groups excluding carboxylic acids is 6. The van der Waals surface area contributed by atoms with E-state index in [1.165, 1.54) is 0 Å². The van der Waals surface area contributed by atoms with Gasteiger partial charge in [0.2, 0.25) is 0 Å². The number of Topliss-reactive ketones (excluding diaryl/α,β-unsaturated/α-hetero) is 2. The molecular formula is C24H24O10. The van der Waals surface area contributed by atoms with Gasteiger partial charge >= 0.3 is 23.9 Å². The average Bonchev–Trinajstić information content (AvgIpc) is 3.58. The molecule has 0 heterocycles. The number of rotatable bonds is 4. The van der Waals surface area contributed by atoms with Crippen molar-refractivity contribution in [1.82, 2.24) is 0 Å². The molecule has 34 heavy (non-hydrogen) atoms. The van der Waals surface area contributed by atoms with E-state index in [0.29, 0.717) is 11.1 Å². The molecule has 10 nitrogen and oxygen atoms in total. The molecule has 3 saturated carbocycles. The number of allylic oxidation sites excluding steroid dienone is 2. The summed E-state index contributed by atoms with van der Waals surface area (Å²) >= 11 is 0. The van der Waals surface area contributed by atoms with Crippen molar-refractivity contribution in [2.75, 3.05) is 28.4 Å². The predicted octanol–water partition coefficient (Wildman–Crippen LogP) is 0.476. The molecule has 0 aliphatic heterocycles. The van der Waals surface area contributed by atoms with Crippen molar-refractivity contribution in [1.29, 1.82) is 0 Å². The molecule has 3 fully saturated rings. The van der Waals surface area contributed by atoms with Crippen LogP contribution in [-0.2, 0) is 47.7 Å². The highest BCUT2D eigenvalue weighted by atomic mass is 16.5. The summed E-state index contributed by atoms with van der Waals surface area (Å²) in [7, 11) is 4.63. The molecule has 5 aliphatic carbocycles. The Kier molecular flexibility index (Phi) is 4.70. The largest absolute Gasteiger partial charge is 0.468 e. The molecule has 0 N–H and O–H groups in total. The predicted molar refractivity (Wildman–Crippen MR) is 109 cm³/mol. The lowest BCUT2D eigenvalue weighted by Crippen LogP contribution is -2.64. The standard InChI is InChI=1S/C24H24O10/c1-31-19(27)13-9-5-7-11-15(9)23(17(13)25,21(29)33-3)12-8-6-10-14(20(28)32-2)18(26)24(11,16(10)12)22(30)34-4/h11-12,15-16H,5-8H2,1-4H3/t11-,12-,15+,16+,23+,24+/m1/s1. The second-order valence-corrected chi connectivity index (χ2v) is 9.41. The molecule has 0 aromatic heterocycles. The van der Waals surface area contributed by atoms with Gasteiger partial charge in [0.25, 0.3) is 0 Å². The van der Waals surface area contributed by atoms with Gasteiger partial charge in [-0.1, -0.05) is 0 Å². The Bertz CT molecular complexity index is 1070. The van der Waals surface area contributed by atoms with Crippen molar-refractivity contribution in [2.45, 2.75) is 25.7 Å². The second kappa shape index (κ2) is 7.10. The lowest BCUT2D eigenvalue weighted by molar-refractivity contribution is -0.190. The van der Waals surface area contributed by atoms with Crippen LogP contribution < -0.4 is 0 Å². The zero-order chi connectivity index (χ0) is 24.7. The maximum absolute atomic E-state index is 14.0. The Morgan fingerprint density at radius 1 is 0.647 bits per heavy atom. The number of esters is 4. The summed E-state index contributed by atoms with van der Waals surface area (Å²) in [5.74, 6) is -8.24. The van der Waals surface area contributed by atoms with Gasteiger partial charge in [-0.3, -0.25) is 19.2 Å². The number of hydrogen-bond donors (Lipinski definition) is 0. The smallest absolute Gasteiger partial charge is 0.341 e. The maximum Gasteiger partial charge on any atom is 0.341 e. The van der Waals surface area contributed by atoms with E-state index in [1.54, 1.807) is 0 Å². The molecule has 0 unspecified atom stereocenters. The minimum absolute atomic E-state index is 0.196. The normalized spacial score (nSPS) is 36.9. The summed E-state index contributed by atoms with van der Waals surface area (Å²) in [6, 6.07) is 0. The van der Waals surface area contributed by atoms with Gasteiger partial charge in [-0.2, -0.15) is 0 Å². The van der Waals surface area contributed by atoms with Crippen molar-refractivity contribution in [3.8, 4) is 0 Å². The van der Waals surface area contributed by atoms with Crippen molar-refractivity contribution in [2.24, 2.45) is 34.5 Å². The first-order valence-electron chi connectivity index (χ1n) is 11.1. The van der Waals surface area contributed by atoms with Crippen molar-refractivity contribution in [3.05, 3.63) is 22.3 Å². The molecule has 5 aliphatic rings. The van der Waals surface area contributed by atoms with Crippen molar-refractivity contribution >= 4 is 35.4 Å². The minimum Gasteiger partial charge on any atom is -0.468 e.